The van der Waals surface area contributed by atoms with Crippen molar-refractivity contribution in [3.05, 3.63) is 35.4 Å². The summed E-state index contributed by atoms with van der Waals surface area (Å²) in [7, 11) is 0. The molecule has 1 aliphatic rings. The first kappa shape index (κ1) is 17.3. The summed E-state index contributed by atoms with van der Waals surface area (Å²) in [5, 5.41) is 9.79. The van der Waals surface area contributed by atoms with Crippen molar-refractivity contribution >= 4 is 6.09 Å². The summed E-state index contributed by atoms with van der Waals surface area (Å²) in [6, 6.07) is 10.8. The first-order chi connectivity index (χ1) is 10.8. The van der Waals surface area contributed by atoms with Crippen LogP contribution in [0, 0.1) is 11.3 Å². The third-order valence-corrected chi connectivity index (χ3v) is 4.37. The zero-order valence-electron chi connectivity index (χ0n) is 14.6. The van der Waals surface area contributed by atoms with Gasteiger partial charge in [-0.3, -0.25) is 0 Å². The van der Waals surface area contributed by atoms with Gasteiger partial charge in [0.15, 0.2) is 0 Å². The van der Waals surface area contributed by atoms with Crippen LogP contribution in [0.3, 0.4) is 0 Å². The number of amides is 1. The van der Waals surface area contributed by atoms with Crippen molar-refractivity contribution in [1.29, 1.82) is 5.26 Å². The fraction of sp³-hybridized carbons (Fsp3) is 0.579. The van der Waals surface area contributed by atoms with E-state index in [9.17, 15) is 10.1 Å². The Morgan fingerprint density at radius 3 is 2.52 bits per heavy atom. The van der Waals surface area contributed by atoms with Gasteiger partial charge in [-0.25, -0.2) is 4.79 Å². The first-order valence-corrected chi connectivity index (χ1v) is 8.28. The number of aryl methyl sites for hydroxylation is 1. The van der Waals surface area contributed by atoms with E-state index in [-0.39, 0.29) is 6.09 Å². The van der Waals surface area contributed by atoms with Crippen LogP contribution in [-0.2, 0) is 16.6 Å². The highest BCUT2D eigenvalue weighted by Crippen LogP contribution is 2.35. The van der Waals surface area contributed by atoms with E-state index in [4.69, 9.17) is 4.74 Å². The van der Waals surface area contributed by atoms with Crippen LogP contribution in [-0.4, -0.2) is 29.7 Å². The highest BCUT2D eigenvalue weighted by atomic mass is 16.6. The molecule has 1 amide bonds. The molecule has 2 rings (SSSR count). The van der Waals surface area contributed by atoms with E-state index in [0.29, 0.717) is 25.9 Å². The highest BCUT2D eigenvalue weighted by Gasteiger charge is 2.38. The summed E-state index contributed by atoms with van der Waals surface area (Å²) >= 11 is 0. The fourth-order valence-electron chi connectivity index (χ4n) is 2.95. The molecule has 1 aromatic rings. The lowest BCUT2D eigenvalue weighted by Crippen LogP contribution is -2.46. The van der Waals surface area contributed by atoms with E-state index in [0.717, 1.165) is 12.0 Å². The molecule has 0 N–H and O–H groups in total. The van der Waals surface area contributed by atoms with E-state index >= 15 is 0 Å². The van der Waals surface area contributed by atoms with E-state index in [1.807, 2.05) is 32.9 Å². The van der Waals surface area contributed by atoms with Gasteiger partial charge in [0, 0.05) is 13.1 Å². The minimum Gasteiger partial charge on any atom is -0.444 e. The van der Waals surface area contributed by atoms with Crippen molar-refractivity contribution in [2.45, 2.75) is 58.0 Å². The standard InChI is InChI=1S/C19H26N2O2/c1-5-15-7-6-8-16(13-15)19(14-20)9-11-21(12-10-19)17(22)23-18(2,3)4/h6-8,13H,5,9-12H2,1-4H3. The number of ether oxygens (including phenoxy) is 1. The van der Waals surface area contributed by atoms with Crippen LogP contribution in [0.2, 0.25) is 0 Å². The lowest BCUT2D eigenvalue weighted by atomic mass is 9.73. The van der Waals surface area contributed by atoms with E-state index in [1.165, 1.54) is 5.56 Å². The maximum absolute atomic E-state index is 12.2. The molecule has 0 radical (unpaired) electrons. The van der Waals surface area contributed by atoms with Crippen LogP contribution in [0.25, 0.3) is 0 Å². The Bertz CT molecular complexity index is 603. The summed E-state index contributed by atoms with van der Waals surface area (Å²) in [4.78, 5) is 13.9. The van der Waals surface area contributed by atoms with Crippen LogP contribution in [0.1, 0.15) is 51.7 Å². The monoisotopic (exact) mass is 314 g/mol. The molecule has 1 saturated heterocycles. The third-order valence-electron chi connectivity index (χ3n) is 4.37. The molecule has 1 heterocycles. The van der Waals surface area contributed by atoms with Gasteiger partial charge < -0.3 is 9.64 Å². The maximum atomic E-state index is 12.2. The van der Waals surface area contributed by atoms with Gasteiger partial charge in [-0.1, -0.05) is 31.2 Å². The van der Waals surface area contributed by atoms with E-state index in [2.05, 4.69) is 25.1 Å². The number of hydrogen-bond donors (Lipinski definition) is 0. The molecule has 1 fully saturated rings. The van der Waals surface area contributed by atoms with Crippen molar-refractivity contribution in [3.8, 4) is 6.07 Å². The lowest BCUT2D eigenvalue weighted by molar-refractivity contribution is 0.0185. The molecule has 4 nitrogen and oxygen atoms in total. The van der Waals surface area contributed by atoms with Crippen molar-refractivity contribution in [2.24, 2.45) is 0 Å². The van der Waals surface area contributed by atoms with Gasteiger partial charge >= 0.3 is 6.09 Å². The Morgan fingerprint density at radius 1 is 1.35 bits per heavy atom. The topological polar surface area (TPSA) is 53.3 Å². The van der Waals surface area contributed by atoms with Gasteiger partial charge in [-0.2, -0.15) is 5.26 Å². The van der Waals surface area contributed by atoms with Gasteiger partial charge in [0.05, 0.1) is 11.5 Å². The van der Waals surface area contributed by atoms with Gasteiger partial charge in [-0.05, 0) is 51.2 Å². The number of carbonyl (C=O) groups is 1. The quantitative estimate of drug-likeness (QED) is 0.827. The Balaban J connectivity index is 2.11. The first-order valence-electron chi connectivity index (χ1n) is 8.28. The number of hydrogen-bond acceptors (Lipinski definition) is 3. The van der Waals surface area contributed by atoms with Crippen molar-refractivity contribution < 1.29 is 9.53 Å². The molecule has 4 heteroatoms. The fourth-order valence-corrected chi connectivity index (χ4v) is 2.95. The highest BCUT2D eigenvalue weighted by molar-refractivity contribution is 5.68. The molecule has 1 aliphatic heterocycles. The molecule has 0 aromatic heterocycles. The Labute approximate surface area is 139 Å². The predicted octanol–water partition coefficient (Wildman–Crippen LogP) is 4.04. The molecule has 0 bridgehead atoms. The van der Waals surface area contributed by atoms with Crippen molar-refractivity contribution in [1.82, 2.24) is 4.90 Å². The Kier molecular flexibility index (Phi) is 4.99. The van der Waals surface area contributed by atoms with Crippen LogP contribution in [0.4, 0.5) is 4.79 Å². The molecule has 23 heavy (non-hydrogen) atoms. The second kappa shape index (κ2) is 6.62. The SMILES string of the molecule is CCc1cccc(C2(C#N)CCN(C(=O)OC(C)(C)C)CC2)c1. The number of benzene rings is 1. The normalized spacial score (nSPS) is 17.4. The Morgan fingerprint density at radius 2 is 2.00 bits per heavy atom. The number of likely N-dealkylation sites (tertiary alicyclic amines) is 1. The minimum atomic E-state index is -0.496. The molecule has 0 atom stereocenters. The zero-order valence-corrected chi connectivity index (χ0v) is 14.6. The minimum absolute atomic E-state index is 0.286. The molecular formula is C19H26N2O2. The molecule has 124 valence electrons. The Hall–Kier alpha value is -2.02. The molecule has 0 spiro atoms. The molecule has 0 unspecified atom stereocenters. The summed E-state index contributed by atoms with van der Waals surface area (Å²) in [6.07, 6.45) is 1.97. The number of nitrogens with zero attached hydrogens (tertiary/aromatic N) is 2. The smallest absolute Gasteiger partial charge is 0.410 e. The van der Waals surface area contributed by atoms with Gasteiger partial charge in [0.1, 0.15) is 5.60 Å². The number of piperidine rings is 1. The van der Waals surface area contributed by atoms with Crippen LogP contribution >= 0.6 is 0 Å². The third kappa shape index (κ3) is 4.04. The van der Waals surface area contributed by atoms with Crippen molar-refractivity contribution in [2.75, 3.05) is 13.1 Å². The second-order valence-electron chi connectivity index (χ2n) is 7.22. The van der Waals surface area contributed by atoms with Gasteiger partial charge in [-0.15, -0.1) is 0 Å². The van der Waals surface area contributed by atoms with E-state index in [1.54, 1.807) is 4.90 Å². The second-order valence-corrected chi connectivity index (χ2v) is 7.22. The van der Waals surface area contributed by atoms with E-state index < -0.39 is 11.0 Å². The summed E-state index contributed by atoms with van der Waals surface area (Å²) in [5.41, 5.74) is 1.33. The van der Waals surface area contributed by atoms with Crippen molar-refractivity contribution in [3.63, 3.8) is 0 Å². The molecular weight excluding hydrogens is 288 g/mol. The number of carbonyl (C=O) groups excluding carboxylic acids is 1. The largest absolute Gasteiger partial charge is 0.444 e. The average molecular weight is 314 g/mol. The summed E-state index contributed by atoms with van der Waals surface area (Å²) in [6.45, 7) is 8.82. The predicted molar refractivity (Wildman–Crippen MR) is 90.2 cm³/mol. The maximum Gasteiger partial charge on any atom is 0.410 e. The summed E-state index contributed by atoms with van der Waals surface area (Å²) < 4.78 is 5.43. The molecule has 1 aromatic carbocycles. The molecule has 0 saturated carbocycles. The number of nitriles is 1. The van der Waals surface area contributed by atoms with Gasteiger partial charge in [0.25, 0.3) is 0 Å². The lowest BCUT2D eigenvalue weighted by Gasteiger charge is -2.38. The zero-order chi connectivity index (χ0) is 17.1. The average Bonchev–Trinajstić information content (AvgIpc) is 2.53. The number of rotatable bonds is 2. The van der Waals surface area contributed by atoms with Crippen LogP contribution in [0.15, 0.2) is 24.3 Å². The van der Waals surface area contributed by atoms with Crippen LogP contribution in [0.5, 0.6) is 0 Å². The van der Waals surface area contributed by atoms with Crippen LogP contribution < -0.4 is 0 Å². The summed E-state index contributed by atoms with van der Waals surface area (Å²) in [5.74, 6) is 0. The van der Waals surface area contributed by atoms with Gasteiger partial charge in [0.2, 0.25) is 0 Å². The molecule has 0 aliphatic carbocycles.